The van der Waals surface area contributed by atoms with Gasteiger partial charge in [0.15, 0.2) is 5.03 Å². The average Bonchev–Trinajstić information content (AvgIpc) is 3.41. The molecule has 0 aliphatic carbocycles. The third-order valence-electron chi connectivity index (χ3n) is 4.62. The Labute approximate surface area is 174 Å². The zero-order valence-electron chi connectivity index (χ0n) is 16.4. The molecule has 0 amide bonds. The lowest BCUT2D eigenvalue weighted by molar-refractivity contribution is -0.159. The van der Waals surface area contributed by atoms with Gasteiger partial charge >= 0.3 is 12.1 Å². The molecule has 0 bridgehead atoms. The highest BCUT2D eigenvalue weighted by Crippen LogP contribution is 2.31. The Morgan fingerprint density at radius 1 is 1.23 bits per heavy atom. The van der Waals surface area contributed by atoms with E-state index in [1.807, 2.05) is 13.1 Å². The second kappa shape index (κ2) is 7.50. The summed E-state index contributed by atoms with van der Waals surface area (Å²) in [6.07, 6.45) is -1.36. The fourth-order valence-electron chi connectivity index (χ4n) is 3.17. The van der Waals surface area contributed by atoms with E-state index < -0.39 is 22.1 Å². The van der Waals surface area contributed by atoms with Gasteiger partial charge in [-0.2, -0.15) is 23.3 Å². The van der Waals surface area contributed by atoms with Gasteiger partial charge in [0, 0.05) is 49.0 Å². The van der Waals surface area contributed by atoms with E-state index in [1.165, 1.54) is 16.9 Å². The van der Waals surface area contributed by atoms with Crippen LogP contribution in [-0.4, -0.2) is 39.5 Å². The molecule has 0 saturated heterocycles. The summed E-state index contributed by atoms with van der Waals surface area (Å²) in [5.41, 5.74) is 1.98. The lowest BCUT2D eigenvalue weighted by Crippen LogP contribution is -2.27. The normalized spacial score (nSPS) is 12.7. The Balaban J connectivity index is 1.57. The van der Waals surface area contributed by atoms with E-state index in [4.69, 9.17) is 0 Å². The van der Waals surface area contributed by atoms with E-state index in [-0.39, 0.29) is 17.4 Å². The van der Waals surface area contributed by atoms with Crippen LogP contribution in [0.4, 0.5) is 13.2 Å². The Bertz CT molecular complexity index is 1350. The SMILES string of the molecule is Cc1cn(CCNS(=O)(=O)c2ccn(C)n2)c2cc(-c3noc(C(F)(F)F)n3)ccc12. The van der Waals surface area contributed by atoms with Crippen LogP contribution >= 0.6 is 0 Å². The number of halogens is 3. The van der Waals surface area contributed by atoms with Crippen molar-refractivity contribution in [1.82, 2.24) is 29.2 Å². The molecule has 13 heteroatoms. The molecular formula is C18H17F3N6O3S. The molecule has 1 aromatic carbocycles. The van der Waals surface area contributed by atoms with Crippen molar-refractivity contribution in [3.63, 3.8) is 0 Å². The molecule has 3 aromatic heterocycles. The largest absolute Gasteiger partial charge is 0.471 e. The molecule has 31 heavy (non-hydrogen) atoms. The predicted molar refractivity (Wildman–Crippen MR) is 103 cm³/mol. The first kappa shape index (κ1) is 21.1. The molecule has 0 fully saturated rings. The zero-order chi connectivity index (χ0) is 22.4. The van der Waals surface area contributed by atoms with Gasteiger partial charge in [0.1, 0.15) is 0 Å². The van der Waals surface area contributed by atoms with Crippen LogP contribution in [0, 0.1) is 6.92 Å². The Kier molecular flexibility index (Phi) is 5.09. The molecule has 3 heterocycles. The summed E-state index contributed by atoms with van der Waals surface area (Å²) in [6.45, 7) is 2.26. The Morgan fingerprint density at radius 3 is 2.65 bits per heavy atom. The number of aromatic nitrogens is 5. The van der Waals surface area contributed by atoms with Gasteiger partial charge < -0.3 is 9.09 Å². The first-order valence-corrected chi connectivity index (χ1v) is 10.5. The number of alkyl halides is 3. The maximum absolute atomic E-state index is 12.7. The Hall–Kier alpha value is -3.19. The van der Waals surface area contributed by atoms with E-state index in [1.54, 1.807) is 29.8 Å². The molecule has 0 unspecified atom stereocenters. The van der Waals surface area contributed by atoms with Crippen molar-refractivity contribution in [3.8, 4) is 11.4 Å². The standard InChI is InChI=1S/C18H17F3N6O3S/c1-11-10-27(8-6-22-31(28,29)15-5-7-26(2)24-15)14-9-12(3-4-13(11)14)16-23-17(30-25-16)18(19,20)21/h3-5,7,9-10,22H,6,8H2,1-2H3. The summed E-state index contributed by atoms with van der Waals surface area (Å²) >= 11 is 0. The summed E-state index contributed by atoms with van der Waals surface area (Å²) in [7, 11) is -2.13. The number of hydrogen-bond donors (Lipinski definition) is 1. The van der Waals surface area contributed by atoms with Crippen LogP contribution in [0.5, 0.6) is 0 Å². The minimum atomic E-state index is -4.73. The maximum atomic E-state index is 12.7. The fourth-order valence-corrected chi connectivity index (χ4v) is 4.15. The second-order valence-corrected chi connectivity index (χ2v) is 8.60. The molecule has 0 atom stereocenters. The average molecular weight is 454 g/mol. The van der Waals surface area contributed by atoms with Gasteiger partial charge in [-0.25, -0.2) is 13.1 Å². The van der Waals surface area contributed by atoms with E-state index >= 15 is 0 Å². The predicted octanol–water partition coefficient (Wildman–Crippen LogP) is 2.73. The van der Waals surface area contributed by atoms with Crippen LogP contribution in [0.3, 0.4) is 0 Å². The number of rotatable bonds is 6. The van der Waals surface area contributed by atoms with Crippen molar-refractivity contribution in [2.24, 2.45) is 7.05 Å². The molecule has 164 valence electrons. The van der Waals surface area contributed by atoms with Crippen molar-refractivity contribution in [1.29, 1.82) is 0 Å². The fraction of sp³-hybridized carbons (Fsp3) is 0.278. The molecule has 0 aliphatic heterocycles. The quantitative estimate of drug-likeness (QED) is 0.480. The van der Waals surface area contributed by atoms with Gasteiger partial charge in [-0.15, -0.1) is 0 Å². The smallest absolute Gasteiger partial charge is 0.346 e. The van der Waals surface area contributed by atoms with Gasteiger partial charge in [-0.05, 0) is 24.6 Å². The lowest BCUT2D eigenvalue weighted by atomic mass is 10.1. The van der Waals surface area contributed by atoms with Crippen molar-refractivity contribution < 1.29 is 26.1 Å². The number of hydrogen-bond acceptors (Lipinski definition) is 6. The highest BCUT2D eigenvalue weighted by molar-refractivity contribution is 7.89. The molecule has 0 aliphatic rings. The first-order chi connectivity index (χ1) is 14.5. The molecule has 1 N–H and O–H groups in total. The van der Waals surface area contributed by atoms with Gasteiger partial charge in [0.05, 0.1) is 0 Å². The summed E-state index contributed by atoms with van der Waals surface area (Å²) < 4.78 is 72.8. The van der Waals surface area contributed by atoms with Crippen LogP contribution in [0.25, 0.3) is 22.3 Å². The minimum Gasteiger partial charge on any atom is -0.346 e. The topological polar surface area (TPSA) is 108 Å². The summed E-state index contributed by atoms with van der Waals surface area (Å²) in [4.78, 5) is 3.41. The Morgan fingerprint density at radius 2 is 2.00 bits per heavy atom. The van der Waals surface area contributed by atoms with Crippen LogP contribution in [0.15, 0.2) is 46.2 Å². The third-order valence-corrected chi connectivity index (χ3v) is 5.97. The van der Waals surface area contributed by atoms with Gasteiger partial charge in [-0.3, -0.25) is 4.68 Å². The van der Waals surface area contributed by atoms with Gasteiger partial charge in [0.25, 0.3) is 10.0 Å². The number of aryl methyl sites for hydroxylation is 2. The van der Waals surface area contributed by atoms with Crippen LogP contribution in [0.2, 0.25) is 0 Å². The van der Waals surface area contributed by atoms with Crippen LogP contribution in [0.1, 0.15) is 11.5 Å². The molecule has 0 radical (unpaired) electrons. The second-order valence-electron chi connectivity index (χ2n) is 6.88. The highest BCUT2D eigenvalue weighted by Gasteiger charge is 2.38. The van der Waals surface area contributed by atoms with Crippen molar-refractivity contribution >= 4 is 20.9 Å². The lowest BCUT2D eigenvalue weighted by Gasteiger charge is -2.08. The molecule has 4 rings (SSSR count). The van der Waals surface area contributed by atoms with Crippen LogP contribution < -0.4 is 4.72 Å². The van der Waals surface area contributed by atoms with Crippen molar-refractivity contribution in [2.45, 2.75) is 24.7 Å². The van der Waals surface area contributed by atoms with Crippen molar-refractivity contribution in [2.75, 3.05) is 6.54 Å². The highest BCUT2D eigenvalue weighted by atomic mass is 32.2. The molecule has 0 saturated carbocycles. The summed E-state index contributed by atoms with van der Waals surface area (Å²) in [6, 6.07) is 6.39. The molecule has 0 spiro atoms. The summed E-state index contributed by atoms with van der Waals surface area (Å²) in [5, 5.41) is 8.08. The van der Waals surface area contributed by atoms with E-state index in [0.29, 0.717) is 17.6 Å². The van der Waals surface area contributed by atoms with E-state index in [2.05, 4.69) is 24.5 Å². The number of sulfonamides is 1. The molecule has 4 aromatic rings. The maximum Gasteiger partial charge on any atom is 0.471 e. The number of fused-ring (bicyclic) bond motifs is 1. The molecular weight excluding hydrogens is 437 g/mol. The zero-order valence-corrected chi connectivity index (χ0v) is 17.2. The van der Waals surface area contributed by atoms with Gasteiger partial charge in [-0.1, -0.05) is 17.3 Å². The van der Waals surface area contributed by atoms with E-state index in [0.717, 1.165) is 10.9 Å². The van der Waals surface area contributed by atoms with E-state index in [9.17, 15) is 21.6 Å². The first-order valence-electron chi connectivity index (χ1n) is 9.05. The van der Waals surface area contributed by atoms with Crippen LogP contribution in [-0.2, 0) is 29.8 Å². The monoisotopic (exact) mass is 454 g/mol. The molecule has 9 nitrogen and oxygen atoms in total. The third kappa shape index (κ3) is 4.18. The number of benzene rings is 1. The minimum absolute atomic E-state index is 0.0802. The number of nitrogens with zero attached hydrogens (tertiary/aromatic N) is 5. The van der Waals surface area contributed by atoms with Crippen molar-refractivity contribution in [3.05, 3.63) is 48.1 Å². The summed E-state index contributed by atoms with van der Waals surface area (Å²) in [5.74, 6) is -1.60. The van der Waals surface area contributed by atoms with Gasteiger partial charge in [0.2, 0.25) is 5.82 Å². The number of nitrogens with one attached hydrogen (secondary N) is 1.